The van der Waals surface area contributed by atoms with E-state index in [9.17, 15) is 20.0 Å². The van der Waals surface area contributed by atoms with Gasteiger partial charge >= 0.3 is 6.09 Å². The molecular formula is C16H16N2O5. The zero-order chi connectivity index (χ0) is 17.0. The molecule has 0 fully saturated rings. The largest absolute Gasteiger partial charge is 0.505 e. The Morgan fingerprint density at radius 1 is 1.26 bits per heavy atom. The molecule has 2 rings (SSSR count). The molecule has 1 amide bonds. The van der Waals surface area contributed by atoms with Crippen LogP contribution in [0.25, 0.3) is 0 Å². The summed E-state index contributed by atoms with van der Waals surface area (Å²) in [5.74, 6) is -0.0112. The molecule has 0 aromatic heterocycles. The molecule has 0 saturated carbocycles. The summed E-state index contributed by atoms with van der Waals surface area (Å²) in [7, 11) is 0. The lowest BCUT2D eigenvalue weighted by Crippen LogP contribution is -2.14. The zero-order valence-electron chi connectivity index (χ0n) is 12.7. The van der Waals surface area contributed by atoms with Crippen molar-refractivity contribution >= 4 is 17.5 Å². The highest BCUT2D eigenvalue weighted by molar-refractivity contribution is 5.87. The number of phenolic OH excluding ortho intramolecular Hbond substituents is 1. The Morgan fingerprint density at radius 3 is 2.52 bits per heavy atom. The number of rotatable bonds is 4. The van der Waals surface area contributed by atoms with Crippen LogP contribution in [0.5, 0.6) is 5.75 Å². The molecule has 120 valence electrons. The predicted molar refractivity (Wildman–Crippen MR) is 84.5 cm³/mol. The minimum absolute atomic E-state index is 0.0112. The first-order chi connectivity index (χ1) is 10.9. The Labute approximate surface area is 132 Å². The summed E-state index contributed by atoms with van der Waals surface area (Å²) in [5, 5.41) is 22.9. The first kappa shape index (κ1) is 16.3. The number of hydrogen-bond donors (Lipinski definition) is 2. The molecule has 0 spiro atoms. The van der Waals surface area contributed by atoms with Crippen molar-refractivity contribution in [3.63, 3.8) is 0 Å². The van der Waals surface area contributed by atoms with Gasteiger partial charge in [0.1, 0.15) is 12.4 Å². The van der Waals surface area contributed by atoms with Crippen molar-refractivity contribution in [3.8, 4) is 5.75 Å². The van der Waals surface area contributed by atoms with Gasteiger partial charge in [-0.1, -0.05) is 6.07 Å². The highest BCUT2D eigenvalue weighted by Crippen LogP contribution is 2.28. The number of amides is 1. The summed E-state index contributed by atoms with van der Waals surface area (Å²) in [6.45, 7) is 3.55. The summed E-state index contributed by atoms with van der Waals surface area (Å²) in [6.07, 6.45) is -0.719. The molecule has 7 heteroatoms. The molecule has 2 aromatic carbocycles. The number of anilines is 1. The number of nitrogens with zero attached hydrogens (tertiary/aromatic N) is 1. The zero-order valence-corrected chi connectivity index (χ0v) is 12.7. The van der Waals surface area contributed by atoms with Crippen LogP contribution in [0.4, 0.5) is 16.2 Å². The van der Waals surface area contributed by atoms with Crippen LogP contribution in [0.3, 0.4) is 0 Å². The molecule has 0 atom stereocenters. The third-order valence-corrected chi connectivity index (χ3v) is 3.20. The van der Waals surface area contributed by atoms with Gasteiger partial charge in [-0.05, 0) is 48.7 Å². The molecule has 0 radical (unpaired) electrons. The lowest BCUT2D eigenvalue weighted by Gasteiger charge is -2.11. The van der Waals surface area contributed by atoms with E-state index in [1.54, 1.807) is 19.1 Å². The van der Waals surface area contributed by atoms with E-state index in [4.69, 9.17) is 4.74 Å². The van der Waals surface area contributed by atoms with Crippen molar-refractivity contribution in [3.05, 3.63) is 63.2 Å². The average molecular weight is 316 g/mol. The molecule has 0 aliphatic rings. The summed E-state index contributed by atoms with van der Waals surface area (Å²) >= 11 is 0. The van der Waals surface area contributed by atoms with Gasteiger partial charge in [0.2, 0.25) is 0 Å². The lowest BCUT2D eigenvalue weighted by molar-refractivity contribution is -0.384. The summed E-state index contributed by atoms with van der Waals surface area (Å²) in [5.41, 5.74) is 2.41. The van der Waals surface area contributed by atoms with E-state index in [0.29, 0.717) is 11.1 Å². The van der Waals surface area contributed by atoms with Gasteiger partial charge in [0.05, 0.1) is 10.6 Å². The Balaban J connectivity index is 1.96. The highest BCUT2D eigenvalue weighted by Gasteiger charge is 2.11. The van der Waals surface area contributed by atoms with Gasteiger partial charge in [0.25, 0.3) is 5.69 Å². The summed E-state index contributed by atoms with van der Waals surface area (Å²) in [6, 6.07) is 9.14. The Morgan fingerprint density at radius 2 is 1.91 bits per heavy atom. The smallest absolute Gasteiger partial charge is 0.412 e. The molecule has 2 aromatic rings. The number of carbonyl (C=O) groups is 1. The molecular weight excluding hydrogens is 300 g/mol. The standard InChI is InChI=1S/C16H16N2O5/c1-10-7-11(2)15(19)14(8-10)17-16(20)23-9-12-3-5-13(6-4-12)18(21)22/h3-8,19H,9H2,1-2H3,(H,17,20). The van der Waals surface area contributed by atoms with E-state index in [2.05, 4.69) is 5.32 Å². The monoisotopic (exact) mass is 316 g/mol. The van der Waals surface area contributed by atoms with Crippen LogP contribution in [0.15, 0.2) is 36.4 Å². The van der Waals surface area contributed by atoms with Gasteiger partial charge in [0.15, 0.2) is 0 Å². The molecule has 0 aliphatic heterocycles. The number of carbonyl (C=O) groups excluding carboxylic acids is 1. The molecule has 23 heavy (non-hydrogen) atoms. The number of aryl methyl sites for hydroxylation is 2. The van der Waals surface area contributed by atoms with Crippen LogP contribution < -0.4 is 5.32 Å². The number of hydrogen-bond acceptors (Lipinski definition) is 5. The van der Waals surface area contributed by atoms with Crippen LogP contribution >= 0.6 is 0 Å². The van der Waals surface area contributed by atoms with Crippen LogP contribution in [0.2, 0.25) is 0 Å². The second kappa shape index (κ2) is 6.78. The molecule has 0 heterocycles. The topological polar surface area (TPSA) is 102 Å². The fourth-order valence-corrected chi connectivity index (χ4v) is 2.06. The maximum Gasteiger partial charge on any atom is 0.412 e. The number of aromatic hydroxyl groups is 1. The second-order valence-electron chi connectivity index (χ2n) is 5.10. The van der Waals surface area contributed by atoms with Gasteiger partial charge in [-0.15, -0.1) is 0 Å². The minimum atomic E-state index is -0.719. The SMILES string of the molecule is Cc1cc(C)c(O)c(NC(=O)OCc2ccc([N+](=O)[O-])cc2)c1. The van der Waals surface area contributed by atoms with E-state index >= 15 is 0 Å². The van der Waals surface area contributed by atoms with E-state index in [-0.39, 0.29) is 23.7 Å². The van der Waals surface area contributed by atoms with Gasteiger partial charge in [-0.3, -0.25) is 15.4 Å². The van der Waals surface area contributed by atoms with Gasteiger partial charge in [-0.25, -0.2) is 4.79 Å². The lowest BCUT2D eigenvalue weighted by atomic mass is 10.1. The van der Waals surface area contributed by atoms with Crippen molar-refractivity contribution < 1.29 is 19.6 Å². The van der Waals surface area contributed by atoms with Gasteiger partial charge < -0.3 is 9.84 Å². The number of nitro groups is 1. The quantitative estimate of drug-likeness (QED) is 0.509. The summed E-state index contributed by atoms with van der Waals surface area (Å²) < 4.78 is 5.04. The number of nitro benzene ring substituents is 1. The minimum Gasteiger partial charge on any atom is -0.505 e. The maximum atomic E-state index is 11.8. The van der Waals surface area contributed by atoms with Crippen molar-refractivity contribution in [2.75, 3.05) is 5.32 Å². The van der Waals surface area contributed by atoms with E-state index in [1.165, 1.54) is 24.3 Å². The Kier molecular flexibility index (Phi) is 4.80. The fraction of sp³-hybridized carbons (Fsp3) is 0.188. The van der Waals surface area contributed by atoms with Crippen LogP contribution in [-0.4, -0.2) is 16.1 Å². The number of phenols is 1. The number of nitrogens with one attached hydrogen (secondary N) is 1. The van der Waals surface area contributed by atoms with Crippen LogP contribution in [-0.2, 0) is 11.3 Å². The molecule has 0 unspecified atom stereocenters. The van der Waals surface area contributed by atoms with Crippen LogP contribution in [0.1, 0.15) is 16.7 Å². The Hall–Kier alpha value is -3.09. The third-order valence-electron chi connectivity index (χ3n) is 3.20. The van der Waals surface area contributed by atoms with E-state index in [0.717, 1.165) is 5.56 Å². The molecule has 2 N–H and O–H groups in total. The Bertz CT molecular complexity index is 741. The van der Waals surface area contributed by atoms with Gasteiger partial charge in [-0.2, -0.15) is 0 Å². The summed E-state index contributed by atoms with van der Waals surface area (Å²) in [4.78, 5) is 21.8. The van der Waals surface area contributed by atoms with Crippen molar-refractivity contribution in [2.24, 2.45) is 0 Å². The molecule has 0 saturated heterocycles. The van der Waals surface area contributed by atoms with Crippen molar-refractivity contribution in [1.82, 2.24) is 0 Å². The van der Waals surface area contributed by atoms with E-state index in [1.807, 2.05) is 6.92 Å². The second-order valence-corrected chi connectivity index (χ2v) is 5.10. The fourth-order valence-electron chi connectivity index (χ4n) is 2.06. The van der Waals surface area contributed by atoms with Crippen LogP contribution in [0, 0.1) is 24.0 Å². The first-order valence-corrected chi connectivity index (χ1v) is 6.84. The number of non-ortho nitro benzene ring substituents is 1. The van der Waals surface area contributed by atoms with E-state index < -0.39 is 11.0 Å². The highest BCUT2D eigenvalue weighted by atomic mass is 16.6. The van der Waals surface area contributed by atoms with Crippen molar-refractivity contribution in [2.45, 2.75) is 20.5 Å². The molecule has 0 aliphatic carbocycles. The van der Waals surface area contributed by atoms with Crippen molar-refractivity contribution in [1.29, 1.82) is 0 Å². The number of benzene rings is 2. The predicted octanol–water partition coefficient (Wildman–Crippen LogP) is 3.67. The molecule has 0 bridgehead atoms. The average Bonchev–Trinajstić information content (AvgIpc) is 2.50. The van der Waals surface area contributed by atoms with Gasteiger partial charge in [0, 0.05) is 12.1 Å². The molecule has 7 nitrogen and oxygen atoms in total. The maximum absolute atomic E-state index is 11.8. The first-order valence-electron chi connectivity index (χ1n) is 6.84. The third kappa shape index (κ3) is 4.19. The normalized spacial score (nSPS) is 10.2. The number of ether oxygens (including phenoxy) is 1.